The molecular formula is C18H20BrNO. The number of aryl methyl sites for hydroxylation is 1. The molecule has 0 amide bonds. The van der Waals surface area contributed by atoms with Crippen LogP contribution in [0.4, 0.5) is 0 Å². The van der Waals surface area contributed by atoms with E-state index in [0.29, 0.717) is 0 Å². The molecule has 3 heteroatoms. The molecular weight excluding hydrogens is 326 g/mol. The van der Waals surface area contributed by atoms with Gasteiger partial charge in [-0.3, -0.25) is 0 Å². The van der Waals surface area contributed by atoms with Gasteiger partial charge < -0.3 is 10.1 Å². The van der Waals surface area contributed by atoms with Crippen molar-refractivity contribution < 1.29 is 4.74 Å². The van der Waals surface area contributed by atoms with Crippen LogP contribution in [0.3, 0.4) is 0 Å². The molecule has 1 aliphatic rings. The van der Waals surface area contributed by atoms with Gasteiger partial charge in [0.1, 0.15) is 5.75 Å². The average molecular weight is 346 g/mol. The van der Waals surface area contributed by atoms with Crippen LogP contribution >= 0.6 is 15.9 Å². The van der Waals surface area contributed by atoms with E-state index in [-0.39, 0.29) is 6.04 Å². The highest BCUT2D eigenvalue weighted by molar-refractivity contribution is 9.10. The second kappa shape index (κ2) is 6.20. The Morgan fingerprint density at radius 2 is 2.10 bits per heavy atom. The van der Waals surface area contributed by atoms with Crippen molar-refractivity contribution in [3.63, 3.8) is 0 Å². The summed E-state index contributed by atoms with van der Waals surface area (Å²) in [5.74, 6) is 1.07. The Hall–Kier alpha value is -1.32. The molecule has 2 aromatic carbocycles. The fourth-order valence-electron chi connectivity index (χ4n) is 2.98. The van der Waals surface area contributed by atoms with E-state index < -0.39 is 0 Å². The van der Waals surface area contributed by atoms with E-state index in [0.717, 1.165) is 29.8 Å². The van der Waals surface area contributed by atoms with E-state index in [2.05, 4.69) is 71.5 Å². The predicted molar refractivity (Wildman–Crippen MR) is 90.0 cm³/mol. The fourth-order valence-corrected chi connectivity index (χ4v) is 3.36. The largest absolute Gasteiger partial charge is 0.493 e. The molecule has 0 aliphatic carbocycles. The standard InChI is InChI=1S/C18H20BrNO/c1-3-20-17(16-11-14(19)8-7-12(16)2)15-6-4-5-13-9-10-21-18(13)15/h4-8,11,17,20H,3,9-10H2,1-2H3. The molecule has 2 aromatic rings. The molecule has 0 bridgehead atoms. The van der Waals surface area contributed by atoms with E-state index in [1.165, 1.54) is 22.3 Å². The molecule has 0 fully saturated rings. The molecule has 21 heavy (non-hydrogen) atoms. The summed E-state index contributed by atoms with van der Waals surface area (Å²) in [6.45, 7) is 6.02. The monoisotopic (exact) mass is 345 g/mol. The maximum Gasteiger partial charge on any atom is 0.127 e. The van der Waals surface area contributed by atoms with Gasteiger partial charge in [0.05, 0.1) is 12.6 Å². The minimum absolute atomic E-state index is 0.167. The summed E-state index contributed by atoms with van der Waals surface area (Å²) in [6.07, 6.45) is 1.01. The zero-order valence-corrected chi connectivity index (χ0v) is 14.0. The van der Waals surface area contributed by atoms with Gasteiger partial charge in [0.2, 0.25) is 0 Å². The Morgan fingerprint density at radius 3 is 2.90 bits per heavy atom. The van der Waals surface area contributed by atoms with Crippen molar-refractivity contribution >= 4 is 15.9 Å². The molecule has 0 saturated heterocycles. The lowest BCUT2D eigenvalue weighted by Gasteiger charge is -2.23. The number of rotatable bonds is 4. The van der Waals surface area contributed by atoms with Crippen molar-refractivity contribution in [2.75, 3.05) is 13.2 Å². The van der Waals surface area contributed by atoms with Gasteiger partial charge >= 0.3 is 0 Å². The van der Waals surface area contributed by atoms with Crippen molar-refractivity contribution in [2.24, 2.45) is 0 Å². The minimum atomic E-state index is 0.167. The highest BCUT2D eigenvalue weighted by Gasteiger charge is 2.23. The lowest BCUT2D eigenvalue weighted by molar-refractivity contribution is 0.350. The summed E-state index contributed by atoms with van der Waals surface area (Å²) in [6, 6.07) is 13.1. The molecule has 0 saturated carbocycles. The van der Waals surface area contributed by atoms with Crippen LogP contribution in [-0.2, 0) is 6.42 Å². The lowest BCUT2D eigenvalue weighted by atomic mass is 9.93. The lowest BCUT2D eigenvalue weighted by Crippen LogP contribution is -2.23. The smallest absolute Gasteiger partial charge is 0.127 e. The third-order valence-corrected chi connectivity index (χ3v) is 4.51. The Morgan fingerprint density at radius 1 is 1.24 bits per heavy atom. The Balaban J connectivity index is 2.10. The normalized spacial score (nSPS) is 14.6. The van der Waals surface area contributed by atoms with Gasteiger partial charge in [-0.15, -0.1) is 0 Å². The second-order valence-electron chi connectivity index (χ2n) is 5.43. The highest BCUT2D eigenvalue weighted by atomic mass is 79.9. The van der Waals surface area contributed by atoms with Crippen molar-refractivity contribution in [1.29, 1.82) is 0 Å². The maximum absolute atomic E-state index is 5.90. The van der Waals surface area contributed by atoms with E-state index in [1.54, 1.807) is 0 Å². The molecule has 1 N–H and O–H groups in total. The quantitative estimate of drug-likeness (QED) is 0.887. The first-order valence-corrected chi connectivity index (χ1v) is 8.24. The predicted octanol–water partition coefficient (Wildman–Crippen LogP) is 4.39. The second-order valence-corrected chi connectivity index (χ2v) is 6.34. The molecule has 2 nitrogen and oxygen atoms in total. The van der Waals surface area contributed by atoms with E-state index in [1.807, 2.05) is 0 Å². The number of fused-ring (bicyclic) bond motifs is 1. The van der Waals surface area contributed by atoms with Gasteiger partial charge in [-0.05, 0) is 42.3 Å². The Labute approximate surface area is 134 Å². The zero-order valence-electron chi connectivity index (χ0n) is 12.4. The Bertz CT molecular complexity index is 654. The van der Waals surface area contributed by atoms with Gasteiger partial charge in [-0.1, -0.05) is 47.1 Å². The van der Waals surface area contributed by atoms with Crippen LogP contribution in [-0.4, -0.2) is 13.2 Å². The van der Waals surface area contributed by atoms with Crippen LogP contribution in [0.5, 0.6) is 5.75 Å². The number of hydrogen-bond donors (Lipinski definition) is 1. The number of halogens is 1. The molecule has 1 aliphatic heterocycles. The molecule has 1 unspecified atom stereocenters. The summed E-state index contributed by atoms with van der Waals surface area (Å²) >= 11 is 3.59. The van der Waals surface area contributed by atoms with Crippen LogP contribution in [0.15, 0.2) is 40.9 Å². The van der Waals surface area contributed by atoms with Crippen LogP contribution in [0.2, 0.25) is 0 Å². The highest BCUT2D eigenvalue weighted by Crippen LogP contribution is 2.37. The van der Waals surface area contributed by atoms with E-state index in [4.69, 9.17) is 4.74 Å². The van der Waals surface area contributed by atoms with Crippen molar-refractivity contribution in [3.05, 3.63) is 63.1 Å². The van der Waals surface area contributed by atoms with Gasteiger partial charge in [0.25, 0.3) is 0 Å². The topological polar surface area (TPSA) is 21.3 Å². The zero-order chi connectivity index (χ0) is 14.8. The van der Waals surface area contributed by atoms with Crippen molar-refractivity contribution in [2.45, 2.75) is 26.3 Å². The van der Waals surface area contributed by atoms with Crippen molar-refractivity contribution in [3.8, 4) is 5.75 Å². The first-order chi connectivity index (χ1) is 10.2. The molecule has 1 atom stereocenters. The van der Waals surface area contributed by atoms with Gasteiger partial charge in [-0.2, -0.15) is 0 Å². The Kier molecular flexibility index (Phi) is 4.32. The molecule has 3 rings (SSSR count). The average Bonchev–Trinajstić information content (AvgIpc) is 2.96. The first kappa shape index (κ1) is 14.6. The number of hydrogen-bond acceptors (Lipinski definition) is 2. The van der Waals surface area contributed by atoms with E-state index in [9.17, 15) is 0 Å². The minimum Gasteiger partial charge on any atom is -0.493 e. The van der Waals surface area contributed by atoms with Crippen LogP contribution < -0.4 is 10.1 Å². The van der Waals surface area contributed by atoms with Gasteiger partial charge in [0.15, 0.2) is 0 Å². The molecule has 110 valence electrons. The summed E-state index contributed by atoms with van der Waals surface area (Å²) in [5, 5.41) is 3.61. The number of ether oxygens (including phenoxy) is 1. The third-order valence-electron chi connectivity index (χ3n) is 4.02. The first-order valence-electron chi connectivity index (χ1n) is 7.44. The van der Waals surface area contributed by atoms with Crippen molar-refractivity contribution in [1.82, 2.24) is 5.32 Å². The SMILES string of the molecule is CCNC(c1cc(Br)ccc1C)c1cccc2c1OCC2. The van der Waals surface area contributed by atoms with Crippen LogP contribution in [0.1, 0.15) is 35.2 Å². The number of nitrogens with one attached hydrogen (secondary N) is 1. The van der Waals surface area contributed by atoms with Crippen LogP contribution in [0, 0.1) is 6.92 Å². The summed E-state index contributed by atoms with van der Waals surface area (Å²) < 4.78 is 7.01. The van der Waals surface area contributed by atoms with Gasteiger partial charge in [-0.25, -0.2) is 0 Å². The molecule has 0 aromatic heterocycles. The molecule has 1 heterocycles. The third kappa shape index (κ3) is 2.85. The maximum atomic E-state index is 5.90. The molecule has 0 spiro atoms. The number of para-hydroxylation sites is 1. The summed E-state index contributed by atoms with van der Waals surface area (Å²) in [4.78, 5) is 0. The fraction of sp³-hybridized carbons (Fsp3) is 0.333. The number of benzene rings is 2. The van der Waals surface area contributed by atoms with Crippen LogP contribution in [0.25, 0.3) is 0 Å². The van der Waals surface area contributed by atoms with E-state index >= 15 is 0 Å². The summed E-state index contributed by atoms with van der Waals surface area (Å²) in [7, 11) is 0. The van der Waals surface area contributed by atoms with Gasteiger partial charge in [0, 0.05) is 16.5 Å². The molecule has 0 radical (unpaired) electrons. The summed E-state index contributed by atoms with van der Waals surface area (Å²) in [5.41, 5.74) is 5.16.